The summed E-state index contributed by atoms with van der Waals surface area (Å²) in [5, 5.41) is 2.76. The molecule has 0 saturated heterocycles. The third-order valence-electron chi connectivity index (χ3n) is 3.63. The highest BCUT2D eigenvalue weighted by Crippen LogP contribution is 2.25. The van der Waals surface area contributed by atoms with E-state index in [4.69, 9.17) is 10.5 Å². The number of hydrogen-bond donors (Lipinski definition) is 2. The van der Waals surface area contributed by atoms with Gasteiger partial charge in [0.1, 0.15) is 5.75 Å². The van der Waals surface area contributed by atoms with Crippen LogP contribution in [0, 0.1) is 0 Å². The Hall–Kier alpha value is -2.80. The summed E-state index contributed by atoms with van der Waals surface area (Å²) >= 11 is 1.41. The number of ether oxygens (including phenoxy) is 1. The average Bonchev–Trinajstić information content (AvgIpc) is 2.62. The Morgan fingerprint density at radius 3 is 2.31 bits per heavy atom. The summed E-state index contributed by atoms with van der Waals surface area (Å²) in [7, 11) is 1.57. The first-order chi connectivity index (χ1) is 12.4. The summed E-state index contributed by atoms with van der Waals surface area (Å²) in [5.74, 6) is 0.772. The number of thioether (sulfide) groups is 1. The van der Waals surface area contributed by atoms with E-state index in [1.807, 2.05) is 0 Å². The molecule has 2 amide bonds. The second-order valence-electron chi connectivity index (χ2n) is 5.57. The van der Waals surface area contributed by atoms with Gasteiger partial charge in [-0.25, -0.2) is 0 Å². The molecule has 0 unspecified atom stereocenters. The van der Waals surface area contributed by atoms with Gasteiger partial charge in [-0.3, -0.25) is 14.4 Å². The van der Waals surface area contributed by atoms with Gasteiger partial charge in [0.15, 0.2) is 5.78 Å². The monoisotopic (exact) mass is 372 g/mol. The first kappa shape index (κ1) is 19.5. The molecule has 0 saturated carbocycles. The lowest BCUT2D eigenvalue weighted by molar-refractivity contribution is -0.113. The lowest BCUT2D eigenvalue weighted by Gasteiger charge is -2.10. The van der Waals surface area contributed by atoms with Crippen LogP contribution in [0.1, 0.15) is 33.2 Å². The number of carbonyl (C=O) groups excluding carboxylic acids is 3. The molecule has 0 bridgehead atoms. The van der Waals surface area contributed by atoms with E-state index in [1.165, 1.54) is 18.7 Å². The highest BCUT2D eigenvalue weighted by Gasteiger charge is 2.09. The van der Waals surface area contributed by atoms with Crippen molar-refractivity contribution in [1.29, 1.82) is 0 Å². The van der Waals surface area contributed by atoms with E-state index in [-0.39, 0.29) is 17.4 Å². The van der Waals surface area contributed by atoms with Crippen molar-refractivity contribution in [3.63, 3.8) is 0 Å². The maximum Gasteiger partial charge on any atom is 0.248 e. The summed E-state index contributed by atoms with van der Waals surface area (Å²) in [6.07, 6.45) is 0. The van der Waals surface area contributed by atoms with Crippen LogP contribution in [-0.4, -0.2) is 30.5 Å². The Kier molecular flexibility index (Phi) is 6.80. The van der Waals surface area contributed by atoms with E-state index < -0.39 is 5.91 Å². The van der Waals surface area contributed by atoms with Gasteiger partial charge in [0.2, 0.25) is 11.8 Å². The minimum Gasteiger partial charge on any atom is -0.496 e. The molecule has 0 aliphatic carbocycles. The number of benzene rings is 2. The van der Waals surface area contributed by atoms with Crippen LogP contribution in [0.3, 0.4) is 0 Å². The summed E-state index contributed by atoms with van der Waals surface area (Å²) in [6.45, 7) is 1.51. The molecule has 2 rings (SSSR count). The van der Waals surface area contributed by atoms with E-state index in [9.17, 15) is 14.4 Å². The SMILES string of the molecule is COc1ccc(C(C)=O)cc1CSCC(=O)Nc1ccc(C(N)=O)cc1. The van der Waals surface area contributed by atoms with Crippen molar-refractivity contribution in [3.05, 3.63) is 59.2 Å². The molecule has 0 aliphatic rings. The molecule has 0 aromatic heterocycles. The molecular formula is C19H20N2O4S. The number of hydrogen-bond acceptors (Lipinski definition) is 5. The van der Waals surface area contributed by atoms with E-state index >= 15 is 0 Å². The molecular weight excluding hydrogens is 352 g/mol. The second-order valence-corrected chi connectivity index (χ2v) is 6.55. The lowest BCUT2D eigenvalue weighted by atomic mass is 10.1. The highest BCUT2D eigenvalue weighted by molar-refractivity contribution is 7.99. The van der Waals surface area contributed by atoms with E-state index in [2.05, 4.69) is 5.32 Å². The molecule has 6 nitrogen and oxygen atoms in total. The van der Waals surface area contributed by atoms with Crippen molar-refractivity contribution >= 4 is 35.0 Å². The number of carbonyl (C=O) groups is 3. The molecule has 0 aliphatic heterocycles. The number of methoxy groups -OCH3 is 1. The molecule has 0 radical (unpaired) electrons. The zero-order valence-electron chi connectivity index (χ0n) is 14.6. The minimum atomic E-state index is -0.514. The van der Waals surface area contributed by atoms with Gasteiger partial charge in [-0.1, -0.05) is 0 Å². The van der Waals surface area contributed by atoms with E-state index in [0.29, 0.717) is 28.3 Å². The number of amides is 2. The zero-order chi connectivity index (χ0) is 19.1. The summed E-state index contributed by atoms with van der Waals surface area (Å²) in [4.78, 5) is 34.6. The molecule has 2 aromatic rings. The van der Waals surface area contributed by atoms with Crippen molar-refractivity contribution in [2.24, 2.45) is 5.73 Å². The van der Waals surface area contributed by atoms with Crippen LogP contribution >= 0.6 is 11.8 Å². The number of rotatable bonds is 8. The topological polar surface area (TPSA) is 98.5 Å². The van der Waals surface area contributed by atoms with E-state index in [1.54, 1.807) is 49.6 Å². The van der Waals surface area contributed by atoms with Gasteiger partial charge >= 0.3 is 0 Å². The summed E-state index contributed by atoms with van der Waals surface area (Å²) in [5.41, 5.74) is 7.63. The van der Waals surface area contributed by atoms with Crippen molar-refractivity contribution in [2.45, 2.75) is 12.7 Å². The molecule has 7 heteroatoms. The van der Waals surface area contributed by atoms with Crippen LogP contribution in [0.15, 0.2) is 42.5 Å². The van der Waals surface area contributed by atoms with Crippen molar-refractivity contribution in [1.82, 2.24) is 0 Å². The largest absolute Gasteiger partial charge is 0.496 e. The molecule has 0 atom stereocenters. The molecule has 0 spiro atoms. The standard InChI is InChI=1S/C19H20N2O4S/c1-12(22)14-5-8-17(25-2)15(9-14)10-26-11-18(23)21-16-6-3-13(4-7-16)19(20)24/h3-9H,10-11H2,1-2H3,(H2,20,24)(H,21,23). The van der Waals surface area contributed by atoms with E-state index in [0.717, 1.165) is 5.56 Å². The number of primary amides is 1. The number of nitrogens with two attached hydrogens (primary N) is 1. The molecule has 0 heterocycles. The minimum absolute atomic E-state index is 0.0175. The third kappa shape index (κ3) is 5.35. The Morgan fingerprint density at radius 1 is 1.08 bits per heavy atom. The van der Waals surface area contributed by atoms with Crippen molar-refractivity contribution < 1.29 is 19.1 Å². The predicted octanol–water partition coefficient (Wildman–Crippen LogP) is 2.87. The van der Waals surface area contributed by atoms with Crippen LogP contribution in [0.4, 0.5) is 5.69 Å². The van der Waals surface area contributed by atoms with Crippen LogP contribution < -0.4 is 15.8 Å². The first-order valence-corrected chi connectivity index (χ1v) is 9.01. The molecule has 136 valence electrons. The maximum atomic E-state index is 12.0. The van der Waals surface area contributed by atoms with Gasteiger partial charge in [0, 0.05) is 28.1 Å². The first-order valence-electron chi connectivity index (χ1n) is 7.86. The Bertz CT molecular complexity index is 819. The number of anilines is 1. The molecule has 3 N–H and O–H groups in total. The quantitative estimate of drug-likeness (QED) is 0.694. The van der Waals surface area contributed by atoms with Gasteiger partial charge in [-0.05, 0) is 49.4 Å². The lowest BCUT2D eigenvalue weighted by Crippen LogP contribution is -2.15. The smallest absolute Gasteiger partial charge is 0.248 e. The van der Waals surface area contributed by atoms with Gasteiger partial charge in [-0.15, -0.1) is 11.8 Å². The molecule has 2 aromatic carbocycles. The van der Waals surface area contributed by atoms with Gasteiger partial charge < -0.3 is 15.8 Å². The van der Waals surface area contributed by atoms with Gasteiger partial charge in [-0.2, -0.15) is 0 Å². The van der Waals surface area contributed by atoms with Gasteiger partial charge in [0.05, 0.1) is 12.9 Å². The van der Waals surface area contributed by atoms with Crippen LogP contribution in [0.25, 0.3) is 0 Å². The summed E-state index contributed by atoms with van der Waals surface area (Å²) in [6, 6.07) is 11.6. The number of Topliss-reactive ketones (excluding diaryl/α,β-unsaturated/α-hetero) is 1. The van der Waals surface area contributed by atoms with Crippen molar-refractivity contribution in [3.8, 4) is 5.75 Å². The maximum absolute atomic E-state index is 12.0. The van der Waals surface area contributed by atoms with Crippen LogP contribution in [0.5, 0.6) is 5.75 Å². The third-order valence-corrected chi connectivity index (χ3v) is 4.61. The second kappa shape index (κ2) is 9.05. The highest BCUT2D eigenvalue weighted by atomic mass is 32.2. The average molecular weight is 372 g/mol. The Labute approximate surface area is 156 Å². The predicted molar refractivity (Wildman–Crippen MR) is 103 cm³/mol. The van der Waals surface area contributed by atoms with Crippen LogP contribution in [0.2, 0.25) is 0 Å². The van der Waals surface area contributed by atoms with Crippen molar-refractivity contribution in [2.75, 3.05) is 18.2 Å². The zero-order valence-corrected chi connectivity index (χ0v) is 15.4. The molecule has 26 heavy (non-hydrogen) atoms. The fourth-order valence-electron chi connectivity index (χ4n) is 2.28. The number of nitrogens with one attached hydrogen (secondary N) is 1. The molecule has 0 fully saturated rings. The van der Waals surface area contributed by atoms with Crippen LogP contribution in [-0.2, 0) is 10.5 Å². The van der Waals surface area contributed by atoms with Gasteiger partial charge in [0.25, 0.3) is 0 Å². The Morgan fingerprint density at radius 2 is 1.73 bits per heavy atom. The fourth-order valence-corrected chi connectivity index (χ4v) is 3.08. The number of ketones is 1. The Balaban J connectivity index is 1.90. The fraction of sp³-hybridized carbons (Fsp3) is 0.211. The normalized spacial score (nSPS) is 10.2. The summed E-state index contributed by atoms with van der Waals surface area (Å²) < 4.78 is 5.30.